The van der Waals surface area contributed by atoms with Crippen molar-refractivity contribution in [1.82, 2.24) is 9.88 Å². The van der Waals surface area contributed by atoms with E-state index in [2.05, 4.69) is 4.98 Å². The van der Waals surface area contributed by atoms with Crippen LogP contribution in [0.5, 0.6) is 0 Å². The molecule has 0 saturated carbocycles. The summed E-state index contributed by atoms with van der Waals surface area (Å²) in [7, 11) is 0. The lowest BCUT2D eigenvalue weighted by molar-refractivity contribution is -0.132. The zero-order valence-corrected chi connectivity index (χ0v) is 15.7. The number of piperidine rings is 1. The summed E-state index contributed by atoms with van der Waals surface area (Å²) in [6, 6.07) is 9.86. The number of hydrogen-bond acceptors (Lipinski definition) is 4. The second-order valence-corrected chi connectivity index (χ2v) is 6.04. The topological polar surface area (TPSA) is 72.4 Å². The van der Waals surface area contributed by atoms with Crippen molar-refractivity contribution in [3.8, 4) is 11.3 Å². The molecule has 2 heterocycles. The molecule has 1 amide bonds. The van der Waals surface area contributed by atoms with Gasteiger partial charge in [0.05, 0.1) is 6.20 Å². The summed E-state index contributed by atoms with van der Waals surface area (Å²) in [6.45, 7) is 2.36. The van der Waals surface area contributed by atoms with Gasteiger partial charge in [0.25, 0.3) is 0 Å². The molecule has 138 valence electrons. The van der Waals surface area contributed by atoms with Crippen molar-refractivity contribution < 1.29 is 9.21 Å². The highest BCUT2D eigenvalue weighted by atomic mass is 35.5. The van der Waals surface area contributed by atoms with Crippen molar-refractivity contribution in [2.45, 2.75) is 25.7 Å². The number of carbonyl (C=O) groups is 1. The minimum atomic E-state index is 0. The van der Waals surface area contributed by atoms with Crippen LogP contribution in [0.3, 0.4) is 0 Å². The van der Waals surface area contributed by atoms with Gasteiger partial charge in [-0.1, -0.05) is 30.3 Å². The molecule has 0 aliphatic carbocycles. The van der Waals surface area contributed by atoms with Gasteiger partial charge in [-0.25, -0.2) is 4.98 Å². The quantitative estimate of drug-likeness (QED) is 0.856. The molecule has 1 fully saturated rings. The number of aromatic nitrogens is 1. The van der Waals surface area contributed by atoms with E-state index in [1.165, 1.54) is 0 Å². The average Bonchev–Trinajstić information content (AvgIpc) is 3.09. The molecular formula is C18H25Cl2N3O2. The Balaban J connectivity index is 0.00000156. The van der Waals surface area contributed by atoms with E-state index in [0.717, 1.165) is 43.8 Å². The lowest BCUT2D eigenvalue weighted by Crippen LogP contribution is -2.40. The van der Waals surface area contributed by atoms with Crippen LogP contribution in [0.1, 0.15) is 25.2 Å². The Morgan fingerprint density at radius 1 is 1.20 bits per heavy atom. The first-order chi connectivity index (χ1) is 11.3. The number of benzene rings is 1. The summed E-state index contributed by atoms with van der Waals surface area (Å²) >= 11 is 0. The first-order valence-corrected chi connectivity index (χ1v) is 8.24. The van der Waals surface area contributed by atoms with E-state index < -0.39 is 0 Å². The molecule has 0 atom stereocenters. The molecule has 1 saturated heterocycles. The third-order valence-corrected chi connectivity index (χ3v) is 4.47. The first-order valence-electron chi connectivity index (χ1n) is 8.24. The molecule has 25 heavy (non-hydrogen) atoms. The van der Waals surface area contributed by atoms with Gasteiger partial charge in [-0.3, -0.25) is 4.79 Å². The number of rotatable bonds is 5. The van der Waals surface area contributed by atoms with Gasteiger partial charge < -0.3 is 15.1 Å². The Kier molecular flexibility index (Phi) is 8.97. The van der Waals surface area contributed by atoms with Crippen LogP contribution < -0.4 is 5.73 Å². The predicted octanol–water partition coefficient (Wildman–Crippen LogP) is 3.32. The third kappa shape index (κ3) is 5.73. The molecule has 5 nitrogen and oxygen atoms in total. The Labute approximate surface area is 160 Å². The average molecular weight is 386 g/mol. The molecule has 7 heteroatoms. The minimum Gasteiger partial charge on any atom is -0.441 e. The van der Waals surface area contributed by atoms with Crippen LogP contribution in [0, 0.1) is 5.92 Å². The fourth-order valence-electron chi connectivity index (χ4n) is 2.95. The standard InChI is InChI=1S/C18H23N3O2.2ClH/c19-12-14-8-10-21(11-9-14)18(22)7-6-17-20-13-16(23-17)15-4-2-1-3-5-15;;/h1-5,13-14H,6-12,19H2;2*1H. The molecule has 1 aliphatic heterocycles. The number of amides is 1. The number of oxazole rings is 1. The normalized spacial score (nSPS) is 14.5. The Morgan fingerprint density at radius 3 is 2.52 bits per heavy atom. The number of nitrogens with zero attached hydrogens (tertiary/aromatic N) is 2. The van der Waals surface area contributed by atoms with Crippen LogP contribution in [0.15, 0.2) is 40.9 Å². The predicted molar refractivity (Wildman–Crippen MR) is 103 cm³/mol. The van der Waals surface area contributed by atoms with Gasteiger partial charge in [0.1, 0.15) is 0 Å². The summed E-state index contributed by atoms with van der Waals surface area (Å²) in [5.41, 5.74) is 6.69. The van der Waals surface area contributed by atoms with Gasteiger partial charge in [0, 0.05) is 31.5 Å². The molecule has 2 aromatic rings. The first kappa shape index (κ1) is 21.5. The van der Waals surface area contributed by atoms with E-state index >= 15 is 0 Å². The van der Waals surface area contributed by atoms with Gasteiger partial charge >= 0.3 is 0 Å². The highest BCUT2D eigenvalue weighted by molar-refractivity contribution is 5.85. The number of halogens is 2. The van der Waals surface area contributed by atoms with Crippen molar-refractivity contribution in [1.29, 1.82) is 0 Å². The lowest BCUT2D eigenvalue weighted by Gasteiger charge is -2.31. The van der Waals surface area contributed by atoms with E-state index in [-0.39, 0.29) is 30.7 Å². The van der Waals surface area contributed by atoms with E-state index in [1.807, 2.05) is 35.2 Å². The van der Waals surface area contributed by atoms with Crippen molar-refractivity contribution in [3.63, 3.8) is 0 Å². The van der Waals surface area contributed by atoms with Gasteiger partial charge in [0.2, 0.25) is 5.91 Å². The SMILES string of the molecule is Cl.Cl.NCC1CCN(C(=O)CCc2ncc(-c3ccccc3)o2)CC1. The van der Waals surface area contributed by atoms with Crippen molar-refractivity contribution in [3.05, 3.63) is 42.4 Å². The molecule has 0 spiro atoms. The number of aryl methyl sites for hydroxylation is 1. The molecule has 0 bridgehead atoms. The van der Waals surface area contributed by atoms with Crippen LogP contribution in [0.4, 0.5) is 0 Å². The summed E-state index contributed by atoms with van der Waals surface area (Å²) in [4.78, 5) is 18.5. The van der Waals surface area contributed by atoms with Crippen molar-refractivity contribution in [2.24, 2.45) is 11.7 Å². The van der Waals surface area contributed by atoms with Gasteiger partial charge in [-0.15, -0.1) is 24.8 Å². The summed E-state index contributed by atoms with van der Waals surface area (Å²) in [6.07, 6.45) is 4.74. The monoisotopic (exact) mass is 385 g/mol. The number of hydrogen-bond donors (Lipinski definition) is 1. The van der Waals surface area contributed by atoms with Crippen molar-refractivity contribution in [2.75, 3.05) is 19.6 Å². The molecule has 0 radical (unpaired) electrons. The highest BCUT2D eigenvalue weighted by Crippen LogP contribution is 2.21. The number of carbonyl (C=O) groups excluding carboxylic acids is 1. The van der Waals surface area contributed by atoms with Crippen LogP contribution >= 0.6 is 24.8 Å². The largest absolute Gasteiger partial charge is 0.441 e. The van der Waals surface area contributed by atoms with Gasteiger partial charge in [-0.2, -0.15) is 0 Å². The van der Waals surface area contributed by atoms with E-state index in [0.29, 0.717) is 24.7 Å². The fraction of sp³-hybridized carbons (Fsp3) is 0.444. The third-order valence-electron chi connectivity index (χ3n) is 4.47. The van der Waals surface area contributed by atoms with Crippen LogP contribution in [0.2, 0.25) is 0 Å². The summed E-state index contributed by atoms with van der Waals surface area (Å²) < 4.78 is 5.74. The lowest BCUT2D eigenvalue weighted by atomic mass is 9.97. The van der Waals surface area contributed by atoms with E-state index in [1.54, 1.807) is 6.20 Å². The Morgan fingerprint density at radius 2 is 1.88 bits per heavy atom. The second-order valence-electron chi connectivity index (χ2n) is 6.04. The number of nitrogens with two attached hydrogens (primary N) is 1. The van der Waals surface area contributed by atoms with Crippen LogP contribution in [-0.4, -0.2) is 35.4 Å². The maximum Gasteiger partial charge on any atom is 0.223 e. The van der Waals surface area contributed by atoms with Crippen LogP contribution in [0.25, 0.3) is 11.3 Å². The zero-order chi connectivity index (χ0) is 16.1. The minimum absolute atomic E-state index is 0. The molecule has 1 aromatic carbocycles. The number of likely N-dealkylation sites (tertiary alicyclic amines) is 1. The molecule has 1 aromatic heterocycles. The molecule has 2 N–H and O–H groups in total. The fourth-order valence-corrected chi connectivity index (χ4v) is 2.95. The van der Waals surface area contributed by atoms with Gasteiger partial charge in [0.15, 0.2) is 11.7 Å². The Hall–Kier alpha value is -1.56. The second kappa shape index (κ2) is 10.4. The molecule has 1 aliphatic rings. The smallest absolute Gasteiger partial charge is 0.223 e. The maximum atomic E-state index is 12.3. The summed E-state index contributed by atoms with van der Waals surface area (Å²) in [5.74, 6) is 2.12. The molecule has 0 unspecified atom stereocenters. The molecule has 3 rings (SSSR count). The van der Waals surface area contributed by atoms with Crippen LogP contribution in [-0.2, 0) is 11.2 Å². The highest BCUT2D eigenvalue weighted by Gasteiger charge is 2.22. The summed E-state index contributed by atoms with van der Waals surface area (Å²) in [5, 5.41) is 0. The van der Waals surface area contributed by atoms with Crippen molar-refractivity contribution >= 4 is 30.7 Å². The van der Waals surface area contributed by atoms with Gasteiger partial charge in [-0.05, 0) is 25.3 Å². The zero-order valence-electron chi connectivity index (χ0n) is 14.1. The molecular weight excluding hydrogens is 361 g/mol. The van der Waals surface area contributed by atoms with E-state index in [9.17, 15) is 4.79 Å². The van der Waals surface area contributed by atoms with E-state index in [4.69, 9.17) is 10.2 Å². The maximum absolute atomic E-state index is 12.3. The Bertz CT molecular complexity index is 641.